The van der Waals surface area contributed by atoms with Crippen molar-refractivity contribution in [2.45, 2.75) is 12.5 Å². The molecule has 10 heteroatoms. The molecule has 0 aliphatic carbocycles. The second-order valence-electron chi connectivity index (χ2n) is 5.89. The van der Waals surface area contributed by atoms with E-state index in [1.165, 1.54) is 45.6 Å². The molecule has 29 heavy (non-hydrogen) atoms. The number of benzene rings is 2. The lowest BCUT2D eigenvalue weighted by Gasteiger charge is -2.18. The molecule has 0 aliphatic heterocycles. The number of carbonyl (C=O) groups is 2. The van der Waals surface area contributed by atoms with Crippen molar-refractivity contribution < 1.29 is 28.5 Å². The fourth-order valence-electron chi connectivity index (χ4n) is 2.64. The highest BCUT2D eigenvalue weighted by Crippen LogP contribution is 2.40. The minimum Gasteiger partial charge on any atom is -0.493 e. The summed E-state index contributed by atoms with van der Waals surface area (Å²) < 4.78 is 21.2. The Morgan fingerprint density at radius 1 is 0.966 bits per heavy atom. The fraction of sp³-hybridized carbons (Fsp3) is 0.263. The Morgan fingerprint density at radius 2 is 1.55 bits per heavy atom. The number of nitrogens with two attached hydrogens (primary N) is 2. The van der Waals surface area contributed by atoms with Crippen LogP contribution in [0.5, 0.6) is 23.0 Å². The molecule has 2 aromatic carbocycles. The SMILES string of the molecule is COc1cc(C(=O)Oc2c(Cl)cc(Cl)cc2C(N)CC(N)=O)cc(OC)c1OC. The molecule has 156 valence electrons. The number of methoxy groups -OCH3 is 3. The van der Waals surface area contributed by atoms with Gasteiger partial charge in [-0.1, -0.05) is 23.2 Å². The van der Waals surface area contributed by atoms with Gasteiger partial charge < -0.3 is 30.4 Å². The van der Waals surface area contributed by atoms with Gasteiger partial charge in [-0.2, -0.15) is 0 Å². The summed E-state index contributed by atoms with van der Waals surface area (Å²) in [6.45, 7) is 0. The molecule has 0 fully saturated rings. The maximum absolute atomic E-state index is 12.8. The van der Waals surface area contributed by atoms with E-state index in [-0.39, 0.29) is 44.8 Å². The average molecular weight is 443 g/mol. The van der Waals surface area contributed by atoms with Crippen LogP contribution in [-0.4, -0.2) is 33.2 Å². The molecule has 0 aliphatic rings. The van der Waals surface area contributed by atoms with Gasteiger partial charge in [0.05, 0.1) is 31.9 Å². The van der Waals surface area contributed by atoms with Gasteiger partial charge >= 0.3 is 5.97 Å². The van der Waals surface area contributed by atoms with E-state index >= 15 is 0 Å². The van der Waals surface area contributed by atoms with Crippen LogP contribution in [-0.2, 0) is 4.79 Å². The first kappa shape index (κ1) is 22.6. The molecule has 1 amide bonds. The normalized spacial score (nSPS) is 11.5. The van der Waals surface area contributed by atoms with Gasteiger partial charge in [0.2, 0.25) is 11.7 Å². The summed E-state index contributed by atoms with van der Waals surface area (Å²) in [5, 5.41) is 0.311. The zero-order valence-electron chi connectivity index (χ0n) is 16.0. The van der Waals surface area contributed by atoms with Gasteiger partial charge in [0.1, 0.15) is 0 Å². The third kappa shape index (κ3) is 5.23. The number of rotatable bonds is 8. The van der Waals surface area contributed by atoms with Crippen LogP contribution in [0.15, 0.2) is 24.3 Å². The molecule has 4 N–H and O–H groups in total. The Balaban J connectivity index is 2.47. The third-order valence-corrected chi connectivity index (χ3v) is 4.45. The number of amides is 1. The number of halogens is 2. The van der Waals surface area contributed by atoms with Crippen molar-refractivity contribution in [3.8, 4) is 23.0 Å². The first-order valence-corrected chi connectivity index (χ1v) is 9.02. The number of primary amides is 1. The predicted molar refractivity (Wildman–Crippen MR) is 108 cm³/mol. The van der Waals surface area contributed by atoms with Crippen LogP contribution in [0.2, 0.25) is 10.0 Å². The smallest absolute Gasteiger partial charge is 0.343 e. The van der Waals surface area contributed by atoms with E-state index in [4.69, 9.17) is 53.6 Å². The summed E-state index contributed by atoms with van der Waals surface area (Å²) in [5.41, 5.74) is 11.6. The molecule has 2 rings (SSSR count). The van der Waals surface area contributed by atoms with Crippen LogP contribution in [0.4, 0.5) is 0 Å². The predicted octanol–water partition coefficient (Wildman–Crippen LogP) is 3.11. The van der Waals surface area contributed by atoms with E-state index in [9.17, 15) is 9.59 Å². The molecule has 0 bridgehead atoms. The van der Waals surface area contributed by atoms with Gasteiger partial charge in [0.25, 0.3) is 0 Å². The van der Waals surface area contributed by atoms with E-state index in [0.29, 0.717) is 5.75 Å². The number of ether oxygens (including phenoxy) is 4. The molecule has 1 atom stereocenters. The number of carbonyl (C=O) groups excluding carboxylic acids is 2. The van der Waals surface area contributed by atoms with Crippen LogP contribution < -0.4 is 30.4 Å². The maximum Gasteiger partial charge on any atom is 0.343 e. The molecule has 2 aromatic rings. The molecule has 0 saturated heterocycles. The highest BCUT2D eigenvalue weighted by Gasteiger charge is 2.23. The van der Waals surface area contributed by atoms with Crippen LogP contribution in [0.25, 0.3) is 0 Å². The lowest BCUT2D eigenvalue weighted by molar-refractivity contribution is -0.118. The number of hydrogen-bond donors (Lipinski definition) is 2. The van der Waals surface area contributed by atoms with Gasteiger partial charge in [-0.05, 0) is 24.3 Å². The fourth-order valence-corrected chi connectivity index (χ4v) is 3.19. The minimum atomic E-state index is -0.869. The summed E-state index contributed by atoms with van der Waals surface area (Å²) in [6, 6.07) is 4.83. The molecule has 0 heterocycles. The van der Waals surface area contributed by atoms with E-state index in [1.807, 2.05) is 0 Å². The zero-order valence-corrected chi connectivity index (χ0v) is 17.5. The first-order chi connectivity index (χ1) is 13.7. The highest BCUT2D eigenvalue weighted by atomic mass is 35.5. The molecule has 0 radical (unpaired) electrons. The van der Waals surface area contributed by atoms with Crippen molar-refractivity contribution in [3.63, 3.8) is 0 Å². The molecular weight excluding hydrogens is 423 g/mol. The molecular formula is C19H20Cl2N2O6. The van der Waals surface area contributed by atoms with Gasteiger partial charge in [0.15, 0.2) is 17.2 Å². The van der Waals surface area contributed by atoms with Crippen LogP contribution in [0, 0.1) is 0 Å². The van der Waals surface area contributed by atoms with Crippen LogP contribution in [0.1, 0.15) is 28.4 Å². The van der Waals surface area contributed by atoms with E-state index in [1.54, 1.807) is 0 Å². The quantitative estimate of drug-likeness (QED) is 0.475. The topological polar surface area (TPSA) is 123 Å². The minimum absolute atomic E-state index is 0.0245. The van der Waals surface area contributed by atoms with Crippen molar-refractivity contribution in [2.24, 2.45) is 11.5 Å². The van der Waals surface area contributed by atoms with Crippen LogP contribution in [0.3, 0.4) is 0 Å². The first-order valence-electron chi connectivity index (χ1n) is 8.26. The third-order valence-electron chi connectivity index (χ3n) is 3.95. The second kappa shape index (κ2) is 9.69. The second-order valence-corrected chi connectivity index (χ2v) is 6.73. The monoisotopic (exact) mass is 442 g/mol. The van der Waals surface area contributed by atoms with Crippen molar-refractivity contribution >= 4 is 35.1 Å². The van der Waals surface area contributed by atoms with Crippen molar-refractivity contribution in [1.29, 1.82) is 0 Å². The summed E-state index contributed by atoms with van der Waals surface area (Å²) >= 11 is 12.2. The molecule has 1 unspecified atom stereocenters. The van der Waals surface area contributed by atoms with Crippen LogP contribution >= 0.6 is 23.2 Å². The number of hydrogen-bond acceptors (Lipinski definition) is 7. The van der Waals surface area contributed by atoms with E-state index < -0.39 is 17.9 Å². The van der Waals surface area contributed by atoms with E-state index in [2.05, 4.69) is 0 Å². The number of esters is 1. The Kier molecular flexibility index (Phi) is 7.55. The highest BCUT2D eigenvalue weighted by molar-refractivity contribution is 6.35. The van der Waals surface area contributed by atoms with E-state index in [0.717, 1.165) is 0 Å². The van der Waals surface area contributed by atoms with Crippen molar-refractivity contribution in [3.05, 3.63) is 45.4 Å². The van der Waals surface area contributed by atoms with Gasteiger partial charge in [-0.15, -0.1) is 0 Å². The maximum atomic E-state index is 12.8. The summed E-state index contributed by atoms with van der Waals surface area (Å²) in [5.74, 6) is -0.557. The molecule has 0 saturated carbocycles. The summed E-state index contributed by atoms with van der Waals surface area (Å²) in [7, 11) is 4.28. The van der Waals surface area contributed by atoms with Crippen molar-refractivity contribution in [1.82, 2.24) is 0 Å². The largest absolute Gasteiger partial charge is 0.493 e. The molecule has 0 aromatic heterocycles. The standard InChI is InChI=1S/C19H20Cl2N2O6/c1-26-14-4-9(5-15(27-2)18(14)28-3)19(25)29-17-11(13(22)8-16(23)24)6-10(20)7-12(17)21/h4-7,13H,8,22H2,1-3H3,(H2,23,24). The Hall–Kier alpha value is -2.68. The summed E-state index contributed by atoms with van der Waals surface area (Å²) in [4.78, 5) is 24.0. The van der Waals surface area contributed by atoms with Gasteiger partial charge in [0, 0.05) is 23.0 Å². The van der Waals surface area contributed by atoms with Crippen molar-refractivity contribution in [2.75, 3.05) is 21.3 Å². The lowest BCUT2D eigenvalue weighted by Crippen LogP contribution is -2.22. The Bertz CT molecular complexity index is 910. The van der Waals surface area contributed by atoms with Gasteiger partial charge in [-0.3, -0.25) is 4.79 Å². The summed E-state index contributed by atoms with van der Waals surface area (Å²) in [6.07, 6.45) is -0.189. The molecule has 8 nitrogen and oxygen atoms in total. The average Bonchev–Trinajstić information content (AvgIpc) is 2.67. The Labute approximate surface area is 177 Å². The molecule has 0 spiro atoms. The Morgan fingerprint density at radius 3 is 2.03 bits per heavy atom. The van der Waals surface area contributed by atoms with Gasteiger partial charge in [-0.25, -0.2) is 4.79 Å². The lowest BCUT2D eigenvalue weighted by atomic mass is 10.0. The zero-order chi connectivity index (χ0) is 21.7.